The zero-order chi connectivity index (χ0) is 16.4. The highest BCUT2D eigenvalue weighted by Gasteiger charge is 2.27. The fourth-order valence-corrected chi connectivity index (χ4v) is 2.56. The van der Waals surface area contributed by atoms with E-state index in [9.17, 15) is 18.0 Å². The number of aromatic nitrogens is 4. The number of alkyl halides is 3. The van der Waals surface area contributed by atoms with Crippen LogP contribution in [0.15, 0.2) is 29.4 Å². The third-order valence-electron chi connectivity index (χ3n) is 2.92. The number of aromatic amines is 1. The molecule has 0 aliphatic rings. The van der Waals surface area contributed by atoms with Gasteiger partial charge in [-0.1, -0.05) is 30.0 Å². The molecule has 0 aliphatic heterocycles. The van der Waals surface area contributed by atoms with Crippen molar-refractivity contribution in [3.63, 3.8) is 0 Å². The van der Waals surface area contributed by atoms with Gasteiger partial charge < -0.3 is 10.3 Å². The molecule has 23 heavy (non-hydrogen) atoms. The van der Waals surface area contributed by atoms with Crippen LogP contribution in [0.25, 0.3) is 22.1 Å². The van der Waals surface area contributed by atoms with E-state index in [0.717, 1.165) is 22.7 Å². The van der Waals surface area contributed by atoms with Crippen molar-refractivity contribution >= 4 is 39.7 Å². The molecule has 0 fully saturated rings. The molecule has 0 atom stereocenters. The Bertz CT molecular complexity index is 864. The standard InChI is InChI=1S/C13H10F3N5OS/c14-13(15,16)6-17-9(22)5-23-12-19-11-10(20-21-12)7-3-1-2-4-8(7)18-11/h1-4H,5-6H2,(H,17,22)(H,18,19,21). The molecule has 6 nitrogen and oxygen atoms in total. The summed E-state index contributed by atoms with van der Waals surface area (Å²) in [6, 6.07) is 7.48. The van der Waals surface area contributed by atoms with Gasteiger partial charge in [0.05, 0.1) is 5.75 Å². The number of nitrogens with zero attached hydrogens (tertiary/aromatic N) is 3. The van der Waals surface area contributed by atoms with Crippen molar-refractivity contribution in [2.75, 3.05) is 12.3 Å². The Labute approximate surface area is 131 Å². The number of halogens is 3. The fourth-order valence-electron chi connectivity index (χ4n) is 1.95. The van der Waals surface area contributed by atoms with Crippen LogP contribution in [0, 0.1) is 0 Å². The van der Waals surface area contributed by atoms with Gasteiger partial charge in [-0.15, -0.1) is 10.2 Å². The van der Waals surface area contributed by atoms with Crippen molar-refractivity contribution in [2.45, 2.75) is 11.3 Å². The molecular formula is C13H10F3N5OS. The minimum atomic E-state index is -4.43. The second-order valence-corrected chi connectivity index (χ2v) is 5.59. The van der Waals surface area contributed by atoms with Crippen molar-refractivity contribution < 1.29 is 18.0 Å². The number of carbonyl (C=O) groups excluding carboxylic acids is 1. The third-order valence-corrected chi connectivity index (χ3v) is 3.76. The summed E-state index contributed by atoms with van der Waals surface area (Å²) >= 11 is 0.920. The summed E-state index contributed by atoms with van der Waals surface area (Å²) in [5.74, 6) is -0.962. The van der Waals surface area contributed by atoms with Crippen LogP contribution in [0.4, 0.5) is 13.2 Å². The van der Waals surface area contributed by atoms with Gasteiger partial charge in [-0.05, 0) is 6.07 Å². The maximum atomic E-state index is 12.0. The van der Waals surface area contributed by atoms with Crippen LogP contribution in [-0.2, 0) is 4.79 Å². The molecular weight excluding hydrogens is 331 g/mol. The molecule has 2 aromatic heterocycles. The molecule has 10 heteroatoms. The molecule has 0 spiro atoms. The Morgan fingerprint density at radius 1 is 1.26 bits per heavy atom. The molecule has 2 N–H and O–H groups in total. The first kappa shape index (κ1) is 15.5. The van der Waals surface area contributed by atoms with Gasteiger partial charge in [-0.25, -0.2) is 4.98 Å². The lowest BCUT2D eigenvalue weighted by molar-refractivity contribution is -0.136. The first-order valence-corrected chi connectivity index (χ1v) is 7.48. The number of thioether (sulfide) groups is 1. The molecule has 0 saturated heterocycles. The zero-order valence-corrected chi connectivity index (χ0v) is 12.3. The Hall–Kier alpha value is -2.36. The van der Waals surface area contributed by atoms with Crippen LogP contribution >= 0.6 is 11.8 Å². The lowest BCUT2D eigenvalue weighted by Crippen LogP contribution is -2.34. The molecule has 2 heterocycles. The van der Waals surface area contributed by atoms with Gasteiger partial charge >= 0.3 is 6.18 Å². The summed E-state index contributed by atoms with van der Waals surface area (Å²) in [5, 5.41) is 10.8. The highest BCUT2D eigenvalue weighted by Crippen LogP contribution is 2.23. The van der Waals surface area contributed by atoms with Gasteiger partial charge in [0.15, 0.2) is 5.65 Å². The first-order chi connectivity index (χ1) is 10.9. The Kier molecular flexibility index (Phi) is 4.07. The SMILES string of the molecule is O=C(CSc1nnc2c(n1)[nH]c1ccccc12)NCC(F)(F)F. The van der Waals surface area contributed by atoms with Crippen molar-refractivity contribution in [2.24, 2.45) is 0 Å². The largest absolute Gasteiger partial charge is 0.405 e. The first-order valence-electron chi connectivity index (χ1n) is 6.50. The molecule has 0 aliphatic carbocycles. The number of hydrogen-bond acceptors (Lipinski definition) is 5. The Morgan fingerprint density at radius 2 is 2.04 bits per heavy atom. The number of para-hydroxylation sites is 1. The second-order valence-electron chi connectivity index (χ2n) is 4.64. The molecule has 0 radical (unpaired) electrons. The van der Waals surface area contributed by atoms with E-state index in [-0.39, 0.29) is 10.9 Å². The predicted octanol–water partition coefficient (Wildman–Crippen LogP) is 2.28. The van der Waals surface area contributed by atoms with Gasteiger partial charge in [-0.2, -0.15) is 13.2 Å². The average molecular weight is 341 g/mol. The summed E-state index contributed by atoms with van der Waals surface area (Å²) in [4.78, 5) is 18.7. The molecule has 1 amide bonds. The van der Waals surface area contributed by atoms with Crippen molar-refractivity contribution in [1.29, 1.82) is 0 Å². The number of carbonyl (C=O) groups is 1. The summed E-state index contributed by atoms with van der Waals surface area (Å²) in [5.41, 5.74) is 1.97. The van der Waals surface area contributed by atoms with Crippen LogP contribution in [-0.4, -0.2) is 44.5 Å². The lowest BCUT2D eigenvalue weighted by Gasteiger charge is -2.07. The van der Waals surface area contributed by atoms with Crippen LogP contribution in [0.5, 0.6) is 0 Å². The van der Waals surface area contributed by atoms with Crippen LogP contribution < -0.4 is 5.32 Å². The predicted molar refractivity (Wildman–Crippen MR) is 79.0 cm³/mol. The van der Waals surface area contributed by atoms with E-state index in [1.807, 2.05) is 24.3 Å². The van der Waals surface area contributed by atoms with E-state index in [1.165, 1.54) is 0 Å². The summed E-state index contributed by atoms with van der Waals surface area (Å²) in [6.07, 6.45) is -4.43. The van der Waals surface area contributed by atoms with Gasteiger partial charge in [0, 0.05) is 10.9 Å². The molecule has 0 bridgehead atoms. The molecule has 0 saturated carbocycles. The molecule has 0 unspecified atom stereocenters. The topological polar surface area (TPSA) is 83.6 Å². The number of hydrogen-bond donors (Lipinski definition) is 2. The minimum Gasteiger partial charge on any atom is -0.346 e. The minimum absolute atomic E-state index is 0.214. The quantitative estimate of drug-likeness (QED) is 0.711. The van der Waals surface area contributed by atoms with Gasteiger partial charge in [0.1, 0.15) is 12.1 Å². The normalized spacial score (nSPS) is 12.0. The van der Waals surface area contributed by atoms with Gasteiger partial charge in [0.2, 0.25) is 11.1 Å². The molecule has 1 aromatic carbocycles. The maximum absolute atomic E-state index is 12.0. The zero-order valence-electron chi connectivity index (χ0n) is 11.5. The highest BCUT2D eigenvalue weighted by atomic mass is 32.2. The van der Waals surface area contributed by atoms with Crippen molar-refractivity contribution in [3.05, 3.63) is 24.3 Å². The van der Waals surface area contributed by atoms with E-state index < -0.39 is 18.6 Å². The monoisotopic (exact) mass is 341 g/mol. The maximum Gasteiger partial charge on any atom is 0.405 e. The number of amides is 1. The lowest BCUT2D eigenvalue weighted by atomic mass is 10.2. The Balaban J connectivity index is 1.69. The molecule has 120 valence electrons. The summed E-state index contributed by atoms with van der Waals surface area (Å²) in [7, 11) is 0. The van der Waals surface area contributed by atoms with E-state index >= 15 is 0 Å². The van der Waals surface area contributed by atoms with Crippen LogP contribution in [0.3, 0.4) is 0 Å². The molecule has 3 aromatic rings. The smallest absolute Gasteiger partial charge is 0.346 e. The van der Waals surface area contributed by atoms with Crippen molar-refractivity contribution in [1.82, 2.24) is 25.5 Å². The average Bonchev–Trinajstić information content (AvgIpc) is 2.88. The fraction of sp³-hybridized carbons (Fsp3) is 0.231. The number of H-pyrrole nitrogens is 1. The van der Waals surface area contributed by atoms with E-state index in [0.29, 0.717) is 11.2 Å². The third kappa shape index (κ3) is 3.70. The number of benzene rings is 1. The molecule has 3 rings (SSSR count). The number of nitrogens with one attached hydrogen (secondary N) is 2. The highest BCUT2D eigenvalue weighted by molar-refractivity contribution is 7.99. The van der Waals surface area contributed by atoms with Gasteiger partial charge in [-0.3, -0.25) is 4.79 Å². The van der Waals surface area contributed by atoms with E-state index in [4.69, 9.17) is 0 Å². The van der Waals surface area contributed by atoms with Gasteiger partial charge in [0.25, 0.3) is 0 Å². The van der Waals surface area contributed by atoms with Crippen LogP contribution in [0.2, 0.25) is 0 Å². The summed E-state index contributed by atoms with van der Waals surface area (Å²) in [6.45, 7) is -1.35. The Morgan fingerprint density at radius 3 is 2.83 bits per heavy atom. The second kappa shape index (κ2) is 6.03. The van der Waals surface area contributed by atoms with E-state index in [1.54, 1.807) is 5.32 Å². The van der Waals surface area contributed by atoms with Crippen molar-refractivity contribution in [3.8, 4) is 0 Å². The number of fused-ring (bicyclic) bond motifs is 3. The van der Waals surface area contributed by atoms with Crippen LogP contribution in [0.1, 0.15) is 0 Å². The number of rotatable bonds is 4. The summed E-state index contributed by atoms with van der Waals surface area (Å²) < 4.78 is 36.0. The van der Waals surface area contributed by atoms with E-state index in [2.05, 4.69) is 20.2 Å².